The van der Waals surface area contributed by atoms with Crippen LogP contribution < -0.4 is 10.6 Å². The predicted octanol–water partition coefficient (Wildman–Crippen LogP) is -0.738. The van der Waals surface area contributed by atoms with Gasteiger partial charge in [-0.3, -0.25) is 5.41 Å². The number of nitrogens with two attached hydrogens (primary N) is 1. The average molecular weight is 264 g/mol. The van der Waals surface area contributed by atoms with Crippen LogP contribution in [0.4, 0.5) is 5.82 Å². The number of nitrogens with zero attached hydrogens (tertiary/aromatic N) is 4. The minimum absolute atomic E-state index is 0.0923. The topological polar surface area (TPSA) is 102 Å². The summed E-state index contributed by atoms with van der Waals surface area (Å²) < 4.78 is 0. The number of nitrogens with one attached hydrogen (secondary N) is 1. The van der Waals surface area contributed by atoms with Crippen molar-refractivity contribution in [3.05, 3.63) is 18.1 Å². The van der Waals surface area contributed by atoms with Crippen LogP contribution in [0.15, 0.2) is 12.4 Å². The summed E-state index contributed by atoms with van der Waals surface area (Å²) in [6, 6.07) is 0.225. The Labute approximate surface area is 112 Å². The van der Waals surface area contributed by atoms with Crippen LogP contribution in [0.5, 0.6) is 0 Å². The molecule has 0 radical (unpaired) electrons. The molecule has 2 atom stereocenters. The molecule has 1 aromatic heterocycles. The molecule has 0 bridgehead atoms. The van der Waals surface area contributed by atoms with Gasteiger partial charge in [0.25, 0.3) is 0 Å². The SMILES string of the molecule is CN(C)CC1CC(O)CN1c1cnc(C(=N)N)cn1. The Hall–Kier alpha value is -1.73. The average Bonchev–Trinajstić information content (AvgIpc) is 2.69. The van der Waals surface area contributed by atoms with E-state index in [0.29, 0.717) is 18.1 Å². The third-order valence-electron chi connectivity index (χ3n) is 3.18. The largest absolute Gasteiger partial charge is 0.391 e. The first kappa shape index (κ1) is 13.7. The number of hydrogen-bond donors (Lipinski definition) is 3. The van der Waals surface area contributed by atoms with Crippen LogP contribution in [0.3, 0.4) is 0 Å². The lowest BCUT2D eigenvalue weighted by Gasteiger charge is -2.27. The number of aliphatic hydroxyl groups is 1. The standard InChI is InChI=1S/C12H20N6O/c1-17(2)6-8-3-9(19)7-18(8)11-5-15-10(4-16-11)12(13)14/h4-5,8-9,19H,3,6-7H2,1-2H3,(H3,13,14). The molecule has 1 aliphatic heterocycles. The van der Waals surface area contributed by atoms with E-state index in [4.69, 9.17) is 11.1 Å². The Balaban J connectivity index is 2.16. The molecule has 1 aromatic rings. The quantitative estimate of drug-likeness (QED) is 0.489. The van der Waals surface area contributed by atoms with Crippen molar-refractivity contribution in [1.29, 1.82) is 5.41 Å². The highest BCUT2D eigenvalue weighted by Gasteiger charge is 2.32. The number of aliphatic hydroxyl groups excluding tert-OH is 1. The van der Waals surface area contributed by atoms with Gasteiger partial charge in [0.2, 0.25) is 0 Å². The molecule has 1 aliphatic rings. The van der Waals surface area contributed by atoms with E-state index in [9.17, 15) is 5.11 Å². The van der Waals surface area contributed by atoms with Crippen LogP contribution in [0.1, 0.15) is 12.1 Å². The number of likely N-dealkylation sites (N-methyl/N-ethyl adjacent to an activating group) is 1. The zero-order chi connectivity index (χ0) is 14.0. The molecule has 7 nitrogen and oxygen atoms in total. The van der Waals surface area contributed by atoms with Crippen molar-refractivity contribution in [2.45, 2.75) is 18.6 Å². The smallest absolute Gasteiger partial charge is 0.147 e. The molecule has 0 amide bonds. The molecule has 0 spiro atoms. The van der Waals surface area contributed by atoms with Crippen molar-refractivity contribution in [2.75, 3.05) is 32.1 Å². The monoisotopic (exact) mass is 264 g/mol. The van der Waals surface area contributed by atoms with E-state index in [1.54, 1.807) is 6.20 Å². The number of amidine groups is 1. The number of rotatable bonds is 4. The van der Waals surface area contributed by atoms with E-state index < -0.39 is 0 Å². The third kappa shape index (κ3) is 3.18. The highest BCUT2D eigenvalue weighted by Crippen LogP contribution is 2.23. The van der Waals surface area contributed by atoms with E-state index in [2.05, 4.69) is 19.8 Å². The molecule has 2 heterocycles. The van der Waals surface area contributed by atoms with Gasteiger partial charge >= 0.3 is 0 Å². The summed E-state index contributed by atoms with van der Waals surface area (Å²) in [5.74, 6) is 0.624. The molecule has 1 saturated heterocycles. The summed E-state index contributed by atoms with van der Waals surface area (Å²) in [7, 11) is 4.01. The molecule has 0 aliphatic carbocycles. The summed E-state index contributed by atoms with van der Waals surface area (Å²) in [6.45, 7) is 1.42. The molecular weight excluding hydrogens is 244 g/mol. The second-order valence-corrected chi connectivity index (χ2v) is 5.13. The minimum atomic E-state index is -0.334. The molecule has 19 heavy (non-hydrogen) atoms. The summed E-state index contributed by atoms with van der Waals surface area (Å²) in [4.78, 5) is 12.5. The van der Waals surface area contributed by atoms with Gasteiger partial charge in [0.05, 0.1) is 18.5 Å². The van der Waals surface area contributed by atoms with E-state index in [0.717, 1.165) is 13.0 Å². The van der Waals surface area contributed by atoms with Crippen molar-refractivity contribution in [3.63, 3.8) is 0 Å². The maximum atomic E-state index is 9.82. The van der Waals surface area contributed by atoms with Crippen LogP contribution in [0.2, 0.25) is 0 Å². The summed E-state index contributed by atoms with van der Waals surface area (Å²) in [6.07, 6.45) is 3.50. The van der Waals surface area contributed by atoms with Gasteiger partial charge in [-0.15, -0.1) is 0 Å². The number of hydrogen-bond acceptors (Lipinski definition) is 6. The molecule has 1 fully saturated rings. The van der Waals surface area contributed by atoms with Gasteiger partial charge in [-0.1, -0.05) is 0 Å². The second kappa shape index (κ2) is 5.50. The fourth-order valence-corrected chi connectivity index (χ4v) is 2.38. The highest BCUT2D eigenvalue weighted by molar-refractivity contribution is 5.92. The molecule has 7 heteroatoms. The van der Waals surface area contributed by atoms with Gasteiger partial charge in [0.1, 0.15) is 17.3 Å². The van der Waals surface area contributed by atoms with Crippen molar-refractivity contribution in [3.8, 4) is 0 Å². The second-order valence-electron chi connectivity index (χ2n) is 5.13. The van der Waals surface area contributed by atoms with Crippen molar-refractivity contribution >= 4 is 11.7 Å². The van der Waals surface area contributed by atoms with Gasteiger partial charge in [0.15, 0.2) is 0 Å². The first-order valence-corrected chi connectivity index (χ1v) is 6.23. The van der Waals surface area contributed by atoms with Crippen LogP contribution in [0.25, 0.3) is 0 Å². The lowest BCUT2D eigenvalue weighted by molar-refractivity contribution is 0.191. The fourth-order valence-electron chi connectivity index (χ4n) is 2.38. The summed E-state index contributed by atoms with van der Waals surface area (Å²) in [5, 5.41) is 17.1. The Kier molecular flexibility index (Phi) is 3.96. The lowest BCUT2D eigenvalue weighted by Crippen LogP contribution is -2.38. The fraction of sp³-hybridized carbons (Fsp3) is 0.583. The number of β-amino-alcohol motifs (C(OH)–C–C–N with tert-alkyl or cyclic N) is 1. The zero-order valence-corrected chi connectivity index (χ0v) is 11.2. The summed E-state index contributed by atoms with van der Waals surface area (Å²) in [5.41, 5.74) is 5.72. The molecule has 0 saturated carbocycles. The van der Waals surface area contributed by atoms with Crippen LogP contribution in [-0.4, -0.2) is 65.1 Å². The molecule has 104 valence electrons. The van der Waals surface area contributed by atoms with Gasteiger partial charge in [-0.05, 0) is 20.5 Å². The van der Waals surface area contributed by atoms with E-state index in [1.807, 2.05) is 14.1 Å². The maximum absolute atomic E-state index is 9.82. The van der Waals surface area contributed by atoms with E-state index in [1.165, 1.54) is 6.20 Å². The van der Waals surface area contributed by atoms with Gasteiger partial charge < -0.3 is 20.6 Å². The summed E-state index contributed by atoms with van der Waals surface area (Å²) >= 11 is 0. The maximum Gasteiger partial charge on any atom is 0.147 e. The van der Waals surface area contributed by atoms with Crippen LogP contribution in [0, 0.1) is 5.41 Å². The molecular formula is C12H20N6O. The Morgan fingerprint density at radius 2 is 2.26 bits per heavy atom. The minimum Gasteiger partial charge on any atom is -0.391 e. The molecule has 2 rings (SSSR count). The van der Waals surface area contributed by atoms with Gasteiger partial charge in [-0.25, -0.2) is 9.97 Å². The zero-order valence-electron chi connectivity index (χ0n) is 11.2. The first-order chi connectivity index (χ1) is 8.97. The number of nitrogen functional groups attached to an aromatic ring is 1. The first-order valence-electron chi connectivity index (χ1n) is 6.23. The lowest BCUT2D eigenvalue weighted by atomic mass is 10.2. The van der Waals surface area contributed by atoms with Crippen LogP contribution in [-0.2, 0) is 0 Å². The predicted molar refractivity (Wildman–Crippen MR) is 73.4 cm³/mol. The van der Waals surface area contributed by atoms with E-state index in [-0.39, 0.29) is 18.0 Å². The van der Waals surface area contributed by atoms with Crippen molar-refractivity contribution in [1.82, 2.24) is 14.9 Å². The van der Waals surface area contributed by atoms with Crippen LogP contribution >= 0.6 is 0 Å². The Morgan fingerprint density at radius 3 is 2.79 bits per heavy atom. The van der Waals surface area contributed by atoms with Crippen molar-refractivity contribution in [2.24, 2.45) is 5.73 Å². The number of anilines is 1. The molecule has 2 unspecified atom stereocenters. The van der Waals surface area contributed by atoms with Crippen molar-refractivity contribution < 1.29 is 5.11 Å². The van der Waals surface area contributed by atoms with Gasteiger partial charge in [0, 0.05) is 19.1 Å². The highest BCUT2D eigenvalue weighted by atomic mass is 16.3. The Bertz CT molecular complexity index is 446. The molecule has 0 aromatic carbocycles. The van der Waals surface area contributed by atoms with Gasteiger partial charge in [-0.2, -0.15) is 0 Å². The normalized spacial score (nSPS) is 23.1. The number of aromatic nitrogens is 2. The van der Waals surface area contributed by atoms with E-state index >= 15 is 0 Å². The Morgan fingerprint density at radius 1 is 1.53 bits per heavy atom. The third-order valence-corrected chi connectivity index (χ3v) is 3.18. The molecule has 4 N–H and O–H groups in total.